The molecule has 1 amide bonds. The Bertz CT molecular complexity index is 723. The molecule has 2 rings (SSSR count). The van der Waals surface area contributed by atoms with Crippen LogP contribution in [0.1, 0.15) is 43.1 Å². The minimum absolute atomic E-state index is 0.0649. The van der Waals surface area contributed by atoms with Crippen molar-refractivity contribution in [3.8, 4) is 0 Å². The number of esters is 1. The first-order valence-electron chi connectivity index (χ1n) is 7.87. The molecule has 0 fully saturated rings. The van der Waals surface area contributed by atoms with E-state index in [1.54, 1.807) is 26.8 Å². The lowest BCUT2D eigenvalue weighted by Crippen LogP contribution is -2.39. The number of methoxy groups -OCH3 is 1. The quantitative estimate of drug-likeness (QED) is 0.760. The molecule has 0 saturated heterocycles. The Balaban J connectivity index is 2.28. The van der Waals surface area contributed by atoms with Gasteiger partial charge in [-0.1, -0.05) is 6.08 Å². The SMILES string of the molecule is COC(=O)c1cc(C2=CCCN(C(=O)OC(C)(C)C)C2)c(F)cc1F. The molecule has 25 heavy (non-hydrogen) atoms. The zero-order chi connectivity index (χ0) is 18.8. The second kappa shape index (κ2) is 7.21. The Labute approximate surface area is 145 Å². The van der Waals surface area contributed by atoms with Crippen molar-refractivity contribution in [2.75, 3.05) is 20.2 Å². The van der Waals surface area contributed by atoms with E-state index in [2.05, 4.69) is 4.74 Å². The van der Waals surface area contributed by atoms with Gasteiger partial charge in [0.25, 0.3) is 0 Å². The molecule has 0 saturated carbocycles. The number of rotatable bonds is 2. The highest BCUT2D eigenvalue weighted by Gasteiger charge is 2.26. The molecule has 1 aliphatic rings. The smallest absolute Gasteiger partial charge is 0.410 e. The summed E-state index contributed by atoms with van der Waals surface area (Å²) in [7, 11) is 1.12. The lowest BCUT2D eigenvalue weighted by Gasteiger charge is -2.30. The fraction of sp³-hybridized carbons (Fsp3) is 0.444. The van der Waals surface area contributed by atoms with Gasteiger partial charge in [-0.15, -0.1) is 0 Å². The maximum absolute atomic E-state index is 14.2. The van der Waals surface area contributed by atoms with E-state index in [-0.39, 0.29) is 17.7 Å². The molecule has 0 aliphatic carbocycles. The van der Waals surface area contributed by atoms with Gasteiger partial charge in [0.05, 0.1) is 12.7 Å². The van der Waals surface area contributed by atoms with Crippen LogP contribution >= 0.6 is 0 Å². The van der Waals surface area contributed by atoms with Crippen LogP contribution in [-0.4, -0.2) is 42.8 Å². The van der Waals surface area contributed by atoms with E-state index < -0.39 is 29.3 Å². The van der Waals surface area contributed by atoms with Crippen LogP contribution in [0.3, 0.4) is 0 Å². The van der Waals surface area contributed by atoms with E-state index in [1.165, 1.54) is 4.90 Å². The first-order valence-corrected chi connectivity index (χ1v) is 7.87. The highest BCUT2D eigenvalue weighted by Crippen LogP contribution is 2.27. The van der Waals surface area contributed by atoms with Crippen LogP contribution < -0.4 is 0 Å². The molecule has 1 aromatic carbocycles. The molecule has 5 nitrogen and oxygen atoms in total. The van der Waals surface area contributed by atoms with Gasteiger partial charge in [-0.25, -0.2) is 18.4 Å². The zero-order valence-electron chi connectivity index (χ0n) is 14.7. The number of ether oxygens (including phenoxy) is 2. The minimum Gasteiger partial charge on any atom is -0.465 e. The van der Waals surface area contributed by atoms with Crippen LogP contribution in [-0.2, 0) is 9.47 Å². The van der Waals surface area contributed by atoms with Crippen LogP contribution in [0.5, 0.6) is 0 Å². The number of amides is 1. The Kier molecular flexibility index (Phi) is 5.45. The van der Waals surface area contributed by atoms with Crippen molar-refractivity contribution >= 4 is 17.6 Å². The molecule has 7 heteroatoms. The standard InChI is InChI=1S/C18H21F2NO4/c1-18(2,3)25-17(23)21-7-5-6-11(10-21)12-8-13(16(22)24-4)15(20)9-14(12)19/h6,8-9H,5,7,10H2,1-4H3. The van der Waals surface area contributed by atoms with Gasteiger partial charge < -0.3 is 14.4 Å². The van der Waals surface area contributed by atoms with Crippen molar-refractivity contribution in [3.05, 3.63) is 41.0 Å². The third kappa shape index (κ3) is 4.55. The van der Waals surface area contributed by atoms with Crippen LogP contribution in [0.4, 0.5) is 13.6 Å². The van der Waals surface area contributed by atoms with Crippen molar-refractivity contribution in [1.82, 2.24) is 4.90 Å². The Morgan fingerprint density at radius 3 is 2.44 bits per heavy atom. The molecule has 136 valence electrons. The number of carbonyl (C=O) groups is 2. The number of carbonyl (C=O) groups excluding carboxylic acids is 2. The fourth-order valence-corrected chi connectivity index (χ4v) is 2.48. The summed E-state index contributed by atoms with van der Waals surface area (Å²) in [5.74, 6) is -2.69. The van der Waals surface area contributed by atoms with Crippen LogP contribution in [0, 0.1) is 11.6 Å². The number of halogens is 2. The molecule has 0 spiro atoms. The molecule has 0 atom stereocenters. The first-order chi connectivity index (χ1) is 11.6. The summed E-state index contributed by atoms with van der Waals surface area (Å²) < 4.78 is 37.8. The van der Waals surface area contributed by atoms with Crippen molar-refractivity contribution in [1.29, 1.82) is 0 Å². The normalized spacial score (nSPS) is 14.8. The van der Waals surface area contributed by atoms with Gasteiger partial charge in [-0.05, 0) is 38.8 Å². The van der Waals surface area contributed by atoms with E-state index >= 15 is 0 Å². The second-order valence-electron chi connectivity index (χ2n) is 6.72. The molecule has 1 heterocycles. The van der Waals surface area contributed by atoms with E-state index in [0.29, 0.717) is 24.6 Å². The van der Waals surface area contributed by atoms with Crippen molar-refractivity contribution in [2.45, 2.75) is 32.8 Å². The van der Waals surface area contributed by atoms with Crippen molar-refractivity contribution in [2.24, 2.45) is 0 Å². The number of nitrogens with zero attached hydrogens (tertiary/aromatic N) is 1. The lowest BCUT2D eigenvalue weighted by molar-refractivity contribution is 0.0272. The van der Waals surface area contributed by atoms with Crippen LogP contribution in [0.15, 0.2) is 18.2 Å². The lowest BCUT2D eigenvalue weighted by atomic mass is 9.98. The summed E-state index contributed by atoms with van der Waals surface area (Å²) >= 11 is 0. The Hall–Kier alpha value is -2.44. The summed E-state index contributed by atoms with van der Waals surface area (Å²) in [5.41, 5.74) is -0.443. The summed E-state index contributed by atoms with van der Waals surface area (Å²) in [6, 6.07) is 1.76. The Morgan fingerprint density at radius 1 is 1.16 bits per heavy atom. The topological polar surface area (TPSA) is 55.8 Å². The van der Waals surface area contributed by atoms with Gasteiger partial charge in [0.2, 0.25) is 0 Å². The van der Waals surface area contributed by atoms with Gasteiger partial charge in [0.1, 0.15) is 17.2 Å². The largest absolute Gasteiger partial charge is 0.465 e. The monoisotopic (exact) mass is 353 g/mol. The number of benzene rings is 1. The van der Waals surface area contributed by atoms with Gasteiger partial charge in [-0.2, -0.15) is 0 Å². The zero-order valence-corrected chi connectivity index (χ0v) is 14.7. The highest BCUT2D eigenvalue weighted by atomic mass is 19.1. The van der Waals surface area contributed by atoms with E-state index in [0.717, 1.165) is 13.2 Å². The van der Waals surface area contributed by atoms with Gasteiger partial charge in [0, 0.05) is 24.7 Å². The summed E-state index contributed by atoms with van der Waals surface area (Å²) in [4.78, 5) is 25.3. The molecule has 1 aliphatic heterocycles. The van der Waals surface area contributed by atoms with Crippen LogP contribution in [0.2, 0.25) is 0 Å². The average molecular weight is 353 g/mol. The minimum atomic E-state index is -0.992. The second-order valence-corrected chi connectivity index (χ2v) is 6.72. The van der Waals surface area contributed by atoms with Gasteiger partial charge in [0.15, 0.2) is 0 Å². The molecule has 0 N–H and O–H groups in total. The Morgan fingerprint density at radius 2 is 1.84 bits per heavy atom. The fourth-order valence-electron chi connectivity index (χ4n) is 2.48. The van der Waals surface area contributed by atoms with Gasteiger partial charge >= 0.3 is 12.1 Å². The molecule has 0 aromatic heterocycles. The van der Waals surface area contributed by atoms with E-state index in [1.807, 2.05) is 0 Å². The van der Waals surface area contributed by atoms with Crippen molar-refractivity contribution in [3.63, 3.8) is 0 Å². The first kappa shape index (κ1) is 18.9. The number of hydrogen-bond acceptors (Lipinski definition) is 4. The number of hydrogen-bond donors (Lipinski definition) is 0. The summed E-state index contributed by atoms with van der Waals surface area (Å²) in [5, 5.41) is 0. The molecule has 0 bridgehead atoms. The summed E-state index contributed by atoms with van der Waals surface area (Å²) in [6.45, 7) is 5.82. The van der Waals surface area contributed by atoms with Crippen LogP contribution in [0.25, 0.3) is 5.57 Å². The molecular formula is C18H21F2NO4. The maximum Gasteiger partial charge on any atom is 0.410 e. The van der Waals surface area contributed by atoms with E-state index in [4.69, 9.17) is 4.74 Å². The molecule has 0 radical (unpaired) electrons. The molecule has 0 unspecified atom stereocenters. The predicted octanol–water partition coefficient (Wildman–Crippen LogP) is 3.78. The van der Waals surface area contributed by atoms with Crippen molar-refractivity contribution < 1.29 is 27.8 Å². The average Bonchev–Trinajstić information content (AvgIpc) is 2.53. The molecule has 1 aromatic rings. The third-order valence-electron chi connectivity index (χ3n) is 3.61. The van der Waals surface area contributed by atoms with Gasteiger partial charge in [-0.3, -0.25) is 0 Å². The maximum atomic E-state index is 14.2. The molecular weight excluding hydrogens is 332 g/mol. The predicted molar refractivity (Wildman–Crippen MR) is 88.1 cm³/mol. The highest BCUT2D eigenvalue weighted by molar-refractivity contribution is 5.91. The van der Waals surface area contributed by atoms with E-state index in [9.17, 15) is 18.4 Å². The third-order valence-corrected chi connectivity index (χ3v) is 3.61. The summed E-state index contributed by atoms with van der Waals surface area (Å²) in [6.07, 6.45) is 1.76.